The number of fused-ring (bicyclic) bond motifs is 1. The first-order chi connectivity index (χ1) is 9.75. The van der Waals surface area contributed by atoms with E-state index in [0.717, 1.165) is 11.2 Å². The van der Waals surface area contributed by atoms with E-state index in [1.807, 2.05) is 0 Å². The molecule has 2 N–H and O–H groups in total. The second-order valence-electron chi connectivity index (χ2n) is 6.16. The van der Waals surface area contributed by atoms with E-state index >= 15 is 0 Å². The van der Waals surface area contributed by atoms with Crippen LogP contribution in [0.25, 0.3) is 10.9 Å². The molecule has 2 nitrogen and oxygen atoms in total. The van der Waals surface area contributed by atoms with Gasteiger partial charge >= 0.3 is 0 Å². The molecule has 1 atom stereocenters. The van der Waals surface area contributed by atoms with Crippen LogP contribution < -0.4 is 5.73 Å². The summed E-state index contributed by atoms with van der Waals surface area (Å²) < 4.78 is 0. The molecule has 1 heterocycles. The summed E-state index contributed by atoms with van der Waals surface area (Å²) in [5.74, 6) is 0.602. The monoisotopic (exact) mass is 268 g/mol. The summed E-state index contributed by atoms with van der Waals surface area (Å²) in [6, 6.07) is 10.6. The van der Waals surface area contributed by atoms with Gasteiger partial charge in [0.1, 0.15) is 0 Å². The number of rotatable bonds is 2. The summed E-state index contributed by atoms with van der Waals surface area (Å²) in [4.78, 5) is 4.82. The third kappa shape index (κ3) is 2.71. The highest BCUT2D eigenvalue weighted by Crippen LogP contribution is 2.32. The Kier molecular flexibility index (Phi) is 4.02. The molecule has 1 fully saturated rings. The molecule has 1 saturated carbocycles. The van der Waals surface area contributed by atoms with Crippen LogP contribution in [0.15, 0.2) is 30.3 Å². The van der Waals surface area contributed by atoms with E-state index in [1.54, 1.807) is 0 Å². The van der Waals surface area contributed by atoms with Crippen LogP contribution in [0.1, 0.15) is 55.8 Å². The minimum atomic E-state index is 0.0939. The van der Waals surface area contributed by atoms with Gasteiger partial charge in [-0.05, 0) is 43.4 Å². The molecule has 106 valence electrons. The molecule has 2 heteroatoms. The molecule has 1 aromatic carbocycles. The first-order valence-electron chi connectivity index (χ1n) is 7.87. The summed E-state index contributed by atoms with van der Waals surface area (Å²) in [5.41, 5.74) is 9.98. The average molecular weight is 268 g/mol. The largest absolute Gasteiger partial charge is 0.322 e. The number of aryl methyl sites for hydroxylation is 1. The Labute approximate surface area is 121 Å². The maximum Gasteiger partial charge on any atom is 0.0708 e. The number of pyridine rings is 1. The van der Waals surface area contributed by atoms with Crippen LogP contribution in [0.3, 0.4) is 0 Å². The van der Waals surface area contributed by atoms with Crippen molar-refractivity contribution in [3.05, 3.63) is 41.6 Å². The van der Waals surface area contributed by atoms with Crippen LogP contribution in [0.5, 0.6) is 0 Å². The Morgan fingerprint density at radius 3 is 2.55 bits per heavy atom. The molecule has 0 saturated heterocycles. The zero-order valence-electron chi connectivity index (χ0n) is 12.3. The molecule has 1 aliphatic rings. The van der Waals surface area contributed by atoms with Gasteiger partial charge in [0.05, 0.1) is 11.2 Å². The molecule has 0 radical (unpaired) electrons. The number of nitrogens with two attached hydrogens (primary N) is 1. The van der Waals surface area contributed by atoms with Gasteiger partial charge < -0.3 is 5.73 Å². The SMILES string of the molecule is Cc1cc(C(N)C2CCCCCC2)nc2ccccc12. The lowest BCUT2D eigenvalue weighted by atomic mass is 9.89. The molecule has 3 rings (SSSR count). The molecule has 20 heavy (non-hydrogen) atoms. The zero-order chi connectivity index (χ0) is 13.9. The smallest absolute Gasteiger partial charge is 0.0708 e. The number of hydrogen-bond acceptors (Lipinski definition) is 2. The Hall–Kier alpha value is -1.41. The topological polar surface area (TPSA) is 38.9 Å². The van der Waals surface area contributed by atoms with Crippen molar-refractivity contribution < 1.29 is 0 Å². The fraction of sp³-hybridized carbons (Fsp3) is 0.500. The van der Waals surface area contributed by atoms with Gasteiger partial charge in [-0.1, -0.05) is 43.9 Å². The fourth-order valence-corrected chi connectivity index (χ4v) is 3.46. The number of para-hydroxylation sites is 1. The van der Waals surface area contributed by atoms with E-state index in [4.69, 9.17) is 10.7 Å². The quantitative estimate of drug-likeness (QED) is 0.814. The summed E-state index contributed by atoms with van der Waals surface area (Å²) >= 11 is 0. The van der Waals surface area contributed by atoms with E-state index < -0.39 is 0 Å². The molecule has 0 bridgehead atoms. The van der Waals surface area contributed by atoms with Crippen LogP contribution in [0.2, 0.25) is 0 Å². The highest BCUT2D eigenvalue weighted by Gasteiger charge is 2.22. The third-order valence-electron chi connectivity index (χ3n) is 4.69. The lowest BCUT2D eigenvalue weighted by Gasteiger charge is -2.22. The van der Waals surface area contributed by atoms with Gasteiger partial charge in [-0.15, -0.1) is 0 Å². The normalized spacial score (nSPS) is 18.9. The lowest BCUT2D eigenvalue weighted by Crippen LogP contribution is -2.22. The van der Waals surface area contributed by atoms with Crippen molar-refractivity contribution in [1.29, 1.82) is 0 Å². The van der Waals surface area contributed by atoms with Gasteiger partial charge in [-0.3, -0.25) is 4.98 Å². The van der Waals surface area contributed by atoms with Gasteiger partial charge in [0, 0.05) is 11.4 Å². The fourth-order valence-electron chi connectivity index (χ4n) is 3.46. The first kappa shape index (κ1) is 13.6. The van der Waals surface area contributed by atoms with Crippen LogP contribution in [-0.2, 0) is 0 Å². The van der Waals surface area contributed by atoms with Crippen molar-refractivity contribution in [3.8, 4) is 0 Å². The molecule has 1 aliphatic carbocycles. The molecular weight excluding hydrogens is 244 g/mol. The Morgan fingerprint density at radius 1 is 1.10 bits per heavy atom. The Bertz CT molecular complexity index is 583. The van der Waals surface area contributed by atoms with Crippen LogP contribution in [-0.4, -0.2) is 4.98 Å². The summed E-state index contributed by atoms with van der Waals surface area (Å²) in [6.45, 7) is 2.16. The van der Waals surface area contributed by atoms with Crippen molar-refractivity contribution in [1.82, 2.24) is 4.98 Å². The maximum atomic E-state index is 6.54. The number of hydrogen-bond donors (Lipinski definition) is 1. The molecule has 0 aliphatic heterocycles. The predicted octanol–water partition coefficient (Wildman–Crippen LogP) is 4.51. The van der Waals surface area contributed by atoms with Crippen molar-refractivity contribution >= 4 is 10.9 Å². The highest BCUT2D eigenvalue weighted by molar-refractivity contribution is 5.82. The minimum Gasteiger partial charge on any atom is -0.322 e. The molecular formula is C18H24N2. The lowest BCUT2D eigenvalue weighted by molar-refractivity contribution is 0.377. The maximum absolute atomic E-state index is 6.54. The molecule has 1 aromatic heterocycles. The minimum absolute atomic E-state index is 0.0939. The van der Waals surface area contributed by atoms with Gasteiger partial charge in [0.25, 0.3) is 0 Å². The van der Waals surface area contributed by atoms with Gasteiger partial charge in [0.2, 0.25) is 0 Å². The number of aromatic nitrogens is 1. The molecule has 0 spiro atoms. The van der Waals surface area contributed by atoms with Gasteiger partial charge in [-0.2, -0.15) is 0 Å². The Balaban J connectivity index is 1.92. The molecule has 1 unspecified atom stereocenters. The van der Waals surface area contributed by atoms with Crippen molar-refractivity contribution in [2.24, 2.45) is 11.7 Å². The van der Waals surface area contributed by atoms with Crippen molar-refractivity contribution in [2.45, 2.75) is 51.5 Å². The van der Waals surface area contributed by atoms with Crippen molar-refractivity contribution in [2.75, 3.05) is 0 Å². The molecule has 2 aromatic rings. The van der Waals surface area contributed by atoms with E-state index in [1.165, 1.54) is 49.5 Å². The summed E-state index contributed by atoms with van der Waals surface area (Å²) in [6.07, 6.45) is 7.90. The second-order valence-corrected chi connectivity index (χ2v) is 6.16. The van der Waals surface area contributed by atoms with E-state index in [-0.39, 0.29) is 6.04 Å². The van der Waals surface area contributed by atoms with E-state index in [2.05, 4.69) is 37.3 Å². The van der Waals surface area contributed by atoms with E-state index in [0.29, 0.717) is 5.92 Å². The summed E-state index contributed by atoms with van der Waals surface area (Å²) in [7, 11) is 0. The Morgan fingerprint density at radius 2 is 1.80 bits per heavy atom. The molecule has 0 amide bonds. The predicted molar refractivity (Wildman–Crippen MR) is 84.6 cm³/mol. The van der Waals surface area contributed by atoms with Crippen LogP contribution >= 0.6 is 0 Å². The zero-order valence-corrected chi connectivity index (χ0v) is 12.3. The van der Waals surface area contributed by atoms with E-state index in [9.17, 15) is 0 Å². The first-order valence-corrected chi connectivity index (χ1v) is 7.87. The highest BCUT2D eigenvalue weighted by atomic mass is 14.8. The second kappa shape index (κ2) is 5.92. The number of nitrogens with zero attached hydrogens (tertiary/aromatic N) is 1. The third-order valence-corrected chi connectivity index (χ3v) is 4.69. The standard InChI is InChI=1S/C18H24N2/c1-13-12-17(20-16-11-7-6-10-15(13)16)18(19)14-8-4-2-3-5-9-14/h6-7,10-12,14,18H,2-5,8-9,19H2,1H3. The van der Waals surface area contributed by atoms with Gasteiger partial charge in [-0.25, -0.2) is 0 Å². The summed E-state index contributed by atoms with van der Waals surface area (Å²) in [5, 5.41) is 1.24. The van der Waals surface area contributed by atoms with Crippen LogP contribution in [0, 0.1) is 12.8 Å². The van der Waals surface area contributed by atoms with Crippen LogP contribution in [0.4, 0.5) is 0 Å². The van der Waals surface area contributed by atoms with Gasteiger partial charge in [0.15, 0.2) is 0 Å². The van der Waals surface area contributed by atoms with Crippen molar-refractivity contribution in [3.63, 3.8) is 0 Å². The average Bonchev–Trinajstić information content (AvgIpc) is 2.75. The number of benzene rings is 1.